The molecule has 8 heterocycles. The van der Waals surface area contributed by atoms with Gasteiger partial charge in [-0.25, -0.2) is 4.79 Å². The normalized spacial score (nSPS) is 29.2. The fourth-order valence-corrected chi connectivity index (χ4v) is 12.2. The number of nitrogens with one attached hydrogen (secondary N) is 1. The Labute approximate surface area is 334 Å². The topological polar surface area (TPSA) is 172 Å². The van der Waals surface area contributed by atoms with Crippen LogP contribution in [-0.4, -0.2) is 96.5 Å². The molecule has 0 aliphatic carbocycles. The van der Waals surface area contributed by atoms with Gasteiger partial charge in [-0.2, -0.15) is 5.26 Å². The molecule has 57 heavy (non-hydrogen) atoms. The maximum absolute atomic E-state index is 14.9. The van der Waals surface area contributed by atoms with E-state index in [2.05, 4.69) is 27.8 Å². The Morgan fingerprint density at radius 2 is 1.89 bits per heavy atom. The maximum Gasteiger partial charge on any atom is 0.331 e. The second-order valence-electron chi connectivity index (χ2n) is 15.6. The summed E-state index contributed by atoms with van der Waals surface area (Å²) in [5, 5.41) is 37.5. The van der Waals surface area contributed by atoms with Crippen LogP contribution in [0.4, 0.5) is 0 Å². The number of nitrogens with zero attached hydrogens (tertiary/aromatic N) is 3. The van der Waals surface area contributed by atoms with Crippen LogP contribution in [0, 0.1) is 25.2 Å². The largest absolute Gasteiger partial charge is 0.504 e. The lowest BCUT2D eigenvalue weighted by Gasteiger charge is -2.60. The fraction of sp³-hybridized carbons (Fsp3) is 0.452. The summed E-state index contributed by atoms with van der Waals surface area (Å²) >= 11 is 1.47. The van der Waals surface area contributed by atoms with Crippen molar-refractivity contribution in [2.45, 2.75) is 68.1 Å². The number of nitriles is 1. The molecule has 7 atom stereocenters. The molecule has 3 N–H and O–H groups in total. The van der Waals surface area contributed by atoms with E-state index >= 15 is 0 Å². The summed E-state index contributed by atoms with van der Waals surface area (Å²) in [6.07, 6.45) is 2.60. The molecule has 0 saturated carbocycles. The number of piperazine rings is 1. The van der Waals surface area contributed by atoms with E-state index in [9.17, 15) is 25.1 Å². The van der Waals surface area contributed by atoms with Gasteiger partial charge in [-0.3, -0.25) is 19.9 Å². The number of carbonyl (C=O) groups is 2. The quantitative estimate of drug-likeness (QED) is 0.187. The van der Waals surface area contributed by atoms with Crippen molar-refractivity contribution in [2.75, 3.05) is 53.0 Å². The molecule has 8 aliphatic rings. The number of esters is 2. The summed E-state index contributed by atoms with van der Waals surface area (Å²) in [4.78, 5) is 32.3. The van der Waals surface area contributed by atoms with Crippen molar-refractivity contribution in [2.24, 2.45) is 0 Å². The van der Waals surface area contributed by atoms with Crippen LogP contribution in [0.5, 0.6) is 40.2 Å². The molecule has 4 bridgehead atoms. The highest BCUT2D eigenvalue weighted by Crippen LogP contribution is 2.66. The Balaban J connectivity index is 1.36. The molecule has 3 unspecified atom stereocenters. The van der Waals surface area contributed by atoms with Gasteiger partial charge < -0.3 is 38.6 Å². The smallest absolute Gasteiger partial charge is 0.331 e. The van der Waals surface area contributed by atoms with Crippen LogP contribution < -0.4 is 29.0 Å². The minimum atomic E-state index is -1.38. The fourth-order valence-electron chi connectivity index (χ4n) is 10.5. The molecular formula is C42H44N4O10S. The number of phenols is 2. The predicted molar refractivity (Wildman–Crippen MR) is 207 cm³/mol. The van der Waals surface area contributed by atoms with Crippen LogP contribution in [0.2, 0.25) is 0 Å². The molecule has 0 radical (unpaired) electrons. The standard InChI is InChI=1S/C42H44N4O10S/c1-7-10-45-17-41(16-43)14-24-11-20(2)35(52-6)34(49)29(24)32(45)33-39-31-30(38-37(54-19-55-38)21(3)36(31)56-22(4)47)26(46(33)41)15-53-40(50)42(18-57-39)25-13-28(51-5)27(48)12-23(25)8-9-44-42/h7,11-13,26,32-33,39,44,48-49H,1,8-10,14-15,17-19H2,2-6H3/t26-,32?,33?,39+,41-,42+/m0/s1. The lowest BCUT2D eigenvalue weighted by molar-refractivity contribution is -0.158. The number of phenolic OH excluding ortho intramolecular Hbond substituents is 2. The number of rotatable bonds is 5. The average Bonchev–Trinajstić information content (AvgIpc) is 3.59. The molecule has 298 valence electrons. The van der Waals surface area contributed by atoms with E-state index in [1.165, 1.54) is 32.9 Å². The minimum Gasteiger partial charge on any atom is -0.504 e. The van der Waals surface area contributed by atoms with Crippen molar-refractivity contribution < 1.29 is 48.2 Å². The number of aryl methyl sites for hydroxylation is 1. The van der Waals surface area contributed by atoms with E-state index in [1.54, 1.807) is 18.2 Å². The predicted octanol–water partition coefficient (Wildman–Crippen LogP) is 4.54. The zero-order chi connectivity index (χ0) is 40.1. The highest BCUT2D eigenvalue weighted by molar-refractivity contribution is 7.99. The van der Waals surface area contributed by atoms with Crippen LogP contribution in [0.15, 0.2) is 30.9 Å². The minimum absolute atomic E-state index is 0.0000881. The Morgan fingerprint density at radius 1 is 1.11 bits per heavy atom. The zero-order valence-electron chi connectivity index (χ0n) is 32.4. The third-order valence-electron chi connectivity index (χ3n) is 12.6. The van der Waals surface area contributed by atoms with Gasteiger partial charge in [0, 0.05) is 67.0 Å². The first-order chi connectivity index (χ1) is 27.4. The summed E-state index contributed by atoms with van der Waals surface area (Å²) in [5.41, 5.74) is 2.89. The van der Waals surface area contributed by atoms with Gasteiger partial charge in [0.25, 0.3) is 0 Å². The first-order valence-electron chi connectivity index (χ1n) is 19.0. The second-order valence-corrected chi connectivity index (χ2v) is 16.7. The molecule has 1 spiro atoms. The molecule has 2 saturated heterocycles. The highest BCUT2D eigenvalue weighted by Gasteiger charge is 2.64. The average molecular weight is 797 g/mol. The number of hydrogen-bond donors (Lipinski definition) is 3. The second kappa shape index (κ2) is 13.5. The number of hydrogen-bond acceptors (Lipinski definition) is 15. The lowest BCUT2D eigenvalue weighted by Crippen LogP contribution is -2.70. The number of benzene rings is 3. The summed E-state index contributed by atoms with van der Waals surface area (Å²) in [6, 6.07) is 6.16. The van der Waals surface area contributed by atoms with Gasteiger partial charge in [0.1, 0.15) is 17.9 Å². The van der Waals surface area contributed by atoms with E-state index in [-0.39, 0.29) is 49.4 Å². The van der Waals surface area contributed by atoms with Crippen LogP contribution in [0.25, 0.3) is 0 Å². The zero-order valence-corrected chi connectivity index (χ0v) is 33.2. The van der Waals surface area contributed by atoms with Gasteiger partial charge in [-0.05, 0) is 54.7 Å². The molecule has 0 amide bonds. The molecule has 11 rings (SSSR count). The Hall–Kier alpha value is -5.14. The van der Waals surface area contributed by atoms with E-state index in [1.807, 2.05) is 19.9 Å². The SMILES string of the molecule is C=CCN1C[C@@]2(C#N)Cc3cc(C)c(OC)c(O)c3C1C1[C@@H]3SC[C@]4(NCCc5cc(O)c(OC)cc54)C(=O)OC[C@@H](c4c5c(c(C)c(OC(C)=O)c43)OCO5)N12. The summed E-state index contributed by atoms with van der Waals surface area (Å²) in [6.45, 7) is 9.98. The first kappa shape index (κ1) is 37.4. The summed E-state index contributed by atoms with van der Waals surface area (Å²) < 4.78 is 36.3. The van der Waals surface area contributed by atoms with Crippen molar-refractivity contribution >= 4 is 23.7 Å². The number of thioether (sulfide) groups is 1. The molecule has 8 aliphatic heterocycles. The first-order valence-corrected chi connectivity index (χ1v) is 20.0. The molecule has 3 aromatic carbocycles. The summed E-state index contributed by atoms with van der Waals surface area (Å²) in [5.74, 6) is 0.818. The molecule has 2 fully saturated rings. The van der Waals surface area contributed by atoms with Gasteiger partial charge in [0.2, 0.25) is 6.79 Å². The Morgan fingerprint density at radius 3 is 2.61 bits per heavy atom. The molecule has 14 nitrogen and oxygen atoms in total. The third kappa shape index (κ3) is 5.20. The Kier molecular flexibility index (Phi) is 8.85. The van der Waals surface area contributed by atoms with Crippen molar-refractivity contribution in [3.05, 3.63) is 75.4 Å². The lowest BCUT2D eigenvalue weighted by atomic mass is 9.75. The van der Waals surface area contributed by atoms with Crippen molar-refractivity contribution in [1.29, 1.82) is 5.26 Å². The number of methoxy groups -OCH3 is 2. The van der Waals surface area contributed by atoms with E-state index in [0.29, 0.717) is 70.3 Å². The number of ether oxygens (including phenoxy) is 6. The van der Waals surface area contributed by atoms with Gasteiger partial charge >= 0.3 is 11.9 Å². The van der Waals surface area contributed by atoms with E-state index in [4.69, 9.17) is 28.4 Å². The van der Waals surface area contributed by atoms with Crippen molar-refractivity contribution in [3.63, 3.8) is 0 Å². The van der Waals surface area contributed by atoms with Crippen LogP contribution in [0.1, 0.15) is 68.8 Å². The van der Waals surface area contributed by atoms with E-state index in [0.717, 1.165) is 16.7 Å². The Bertz CT molecular complexity index is 2310. The maximum atomic E-state index is 14.9. The van der Waals surface area contributed by atoms with Gasteiger partial charge in [0.15, 0.2) is 40.0 Å². The van der Waals surface area contributed by atoms with Gasteiger partial charge in [-0.15, -0.1) is 18.3 Å². The van der Waals surface area contributed by atoms with Crippen LogP contribution >= 0.6 is 11.8 Å². The number of carbonyl (C=O) groups excluding carboxylic acids is 2. The van der Waals surface area contributed by atoms with Gasteiger partial charge in [0.05, 0.1) is 37.6 Å². The number of aromatic hydroxyl groups is 2. The molecule has 3 aromatic rings. The molecule has 15 heteroatoms. The highest BCUT2D eigenvalue weighted by atomic mass is 32.2. The third-order valence-corrected chi connectivity index (χ3v) is 14.1. The van der Waals surface area contributed by atoms with Crippen molar-refractivity contribution in [1.82, 2.24) is 15.1 Å². The van der Waals surface area contributed by atoms with Crippen LogP contribution in [0.3, 0.4) is 0 Å². The monoisotopic (exact) mass is 796 g/mol. The van der Waals surface area contributed by atoms with Gasteiger partial charge in [-0.1, -0.05) is 12.1 Å². The molecule has 0 aromatic heterocycles. The molecular weight excluding hydrogens is 753 g/mol. The van der Waals surface area contributed by atoms with Crippen LogP contribution in [-0.2, 0) is 32.7 Å². The summed E-state index contributed by atoms with van der Waals surface area (Å²) in [7, 11) is 2.99. The van der Waals surface area contributed by atoms with Crippen molar-refractivity contribution in [3.8, 4) is 46.3 Å². The number of fused-ring (bicyclic) bond motifs is 6. The van der Waals surface area contributed by atoms with E-state index < -0.39 is 46.4 Å².